The third-order valence-corrected chi connectivity index (χ3v) is 3.23. The minimum atomic E-state index is -1.39. The summed E-state index contributed by atoms with van der Waals surface area (Å²) in [6.07, 6.45) is 2.03. The summed E-state index contributed by atoms with van der Waals surface area (Å²) in [6.45, 7) is 1.80. The number of carboxylic acid groups (broad SMARTS) is 1. The molecule has 1 amide bonds. The van der Waals surface area contributed by atoms with E-state index in [4.69, 9.17) is 5.11 Å². The largest absolute Gasteiger partial charge is 0.478 e. The standard InChI is InChI=1S/C13H14FNO3/c1-7(8-5-6-8)12(16)15-10-4-2-3-9(14)11(10)13(17)18/h2-4,7-8H,5-6H2,1H3,(H,15,16)(H,17,18). The number of hydrogen-bond donors (Lipinski definition) is 2. The Bertz CT molecular complexity index is 497. The first-order valence-corrected chi connectivity index (χ1v) is 5.83. The van der Waals surface area contributed by atoms with Crippen LogP contribution in [0.2, 0.25) is 0 Å². The van der Waals surface area contributed by atoms with Gasteiger partial charge in [-0.15, -0.1) is 0 Å². The van der Waals surface area contributed by atoms with E-state index in [2.05, 4.69) is 5.32 Å². The summed E-state index contributed by atoms with van der Waals surface area (Å²) in [5.41, 5.74) is -0.478. The molecule has 1 fully saturated rings. The van der Waals surface area contributed by atoms with Gasteiger partial charge >= 0.3 is 5.97 Å². The summed E-state index contributed by atoms with van der Waals surface area (Å²) in [6, 6.07) is 3.83. The summed E-state index contributed by atoms with van der Waals surface area (Å²) >= 11 is 0. The molecule has 0 saturated heterocycles. The molecule has 1 aromatic rings. The minimum Gasteiger partial charge on any atom is -0.478 e. The third-order valence-electron chi connectivity index (χ3n) is 3.23. The SMILES string of the molecule is CC(C(=O)Nc1cccc(F)c1C(=O)O)C1CC1. The van der Waals surface area contributed by atoms with Crippen LogP contribution in [0.25, 0.3) is 0 Å². The highest BCUT2D eigenvalue weighted by Gasteiger charge is 2.33. The maximum Gasteiger partial charge on any atom is 0.340 e. The number of aromatic carboxylic acids is 1. The Morgan fingerprint density at radius 1 is 1.44 bits per heavy atom. The zero-order valence-electron chi connectivity index (χ0n) is 9.94. The van der Waals surface area contributed by atoms with Gasteiger partial charge in [0.15, 0.2) is 0 Å². The Hall–Kier alpha value is -1.91. The van der Waals surface area contributed by atoms with E-state index in [0.717, 1.165) is 18.9 Å². The monoisotopic (exact) mass is 251 g/mol. The molecule has 0 spiro atoms. The van der Waals surface area contributed by atoms with E-state index in [1.54, 1.807) is 6.92 Å². The van der Waals surface area contributed by atoms with Crippen LogP contribution in [0.4, 0.5) is 10.1 Å². The molecule has 4 nitrogen and oxygen atoms in total. The highest BCUT2D eigenvalue weighted by Crippen LogP contribution is 2.37. The van der Waals surface area contributed by atoms with E-state index < -0.39 is 17.3 Å². The fourth-order valence-electron chi connectivity index (χ4n) is 1.90. The molecular formula is C13H14FNO3. The van der Waals surface area contributed by atoms with E-state index in [9.17, 15) is 14.0 Å². The second-order valence-corrected chi connectivity index (χ2v) is 4.58. The number of halogens is 1. The Kier molecular flexibility index (Phi) is 3.32. The van der Waals surface area contributed by atoms with E-state index in [-0.39, 0.29) is 17.5 Å². The normalized spacial score (nSPS) is 16.1. The van der Waals surface area contributed by atoms with Crippen LogP contribution in [-0.4, -0.2) is 17.0 Å². The highest BCUT2D eigenvalue weighted by atomic mass is 19.1. The van der Waals surface area contributed by atoms with Crippen molar-refractivity contribution < 1.29 is 19.1 Å². The summed E-state index contributed by atoms with van der Waals surface area (Å²) in [5, 5.41) is 11.4. The molecule has 0 bridgehead atoms. The Balaban J connectivity index is 2.20. The van der Waals surface area contributed by atoms with E-state index in [1.807, 2.05) is 0 Å². The van der Waals surface area contributed by atoms with Gasteiger partial charge in [0.25, 0.3) is 0 Å². The molecule has 0 aliphatic heterocycles. The average Bonchev–Trinajstić information content (AvgIpc) is 3.11. The minimum absolute atomic E-state index is 0.0139. The van der Waals surface area contributed by atoms with Crippen LogP contribution in [0.5, 0.6) is 0 Å². The van der Waals surface area contributed by atoms with Crippen molar-refractivity contribution in [1.82, 2.24) is 0 Å². The van der Waals surface area contributed by atoms with Crippen molar-refractivity contribution in [2.24, 2.45) is 11.8 Å². The fourth-order valence-corrected chi connectivity index (χ4v) is 1.90. The number of amides is 1. The average molecular weight is 251 g/mol. The molecule has 5 heteroatoms. The molecule has 0 heterocycles. The quantitative estimate of drug-likeness (QED) is 0.864. The third kappa shape index (κ3) is 2.50. The van der Waals surface area contributed by atoms with Crippen LogP contribution < -0.4 is 5.32 Å². The Labute approximate surface area is 104 Å². The van der Waals surface area contributed by atoms with Crippen molar-refractivity contribution >= 4 is 17.6 Å². The summed E-state index contributed by atoms with van der Waals surface area (Å²) in [4.78, 5) is 22.8. The van der Waals surface area contributed by atoms with Gasteiger partial charge in [-0.05, 0) is 30.9 Å². The van der Waals surface area contributed by atoms with Crippen LogP contribution in [0.3, 0.4) is 0 Å². The molecule has 1 saturated carbocycles. The smallest absolute Gasteiger partial charge is 0.340 e. The van der Waals surface area contributed by atoms with Gasteiger partial charge in [0.05, 0.1) is 5.69 Å². The molecule has 18 heavy (non-hydrogen) atoms. The topological polar surface area (TPSA) is 66.4 Å². The maximum absolute atomic E-state index is 13.4. The second-order valence-electron chi connectivity index (χ2n) is 4.58. The first kappa shape index (κ1) is 12.5. The molecular weight excluding hydrogens is 237 g/mol. The van der Waals surface area contributed by atoms with Crippen molar-refractivity contribution in [3.63, 3.8) is 0 Å². The van der Waals surface area contributed by atoms with E-state index >= 15 is 0 Å². The fraction of sp³-hybridized carbons (Fsp3) is 0.385. The highest BCUT2D eigenvalue weighted by molar-refractivity contribution is 6.01. The van der Waals surface area contributed by atoms with Gasteiger partial charge in [-0.1, -0.05) is 13.0 Å². The lowest BCUT2D eigenvalue weighted by Gasteiger charge is -2.13. The number of carboxylic acids is 1. The number of carbonyl (C=O) groups excluding carboxylic acids is 1. The number of carbonyl (C=O) groups is 2. The van der Waals surface area contributed by atoms with Gasteiger partial charge in [-0.25, -0.2) is 9.18 Å². The number of hydrogen-bond acceptors (Lipinski definition) is 2. The summed E-state index contributed by atoms with van der Waals surface area (Å²) < 4.78 is 13.4. The van der Waals surface area contributed by atoms with Gasteiger partial charge < -0.3 is 10.4 Å². The number of benzene rings is 1. The second kappa shape index (κ2) is 4.76. The molecule has 1 aromatic carbocycles. The van der Waals surface area contributed by atoms with Crippen LogP contribution in [0.1, 0.15) is 30.1 Å². The first-order valence-electron chi connectivity index (χ1n) is 5.83. The van der Waals surface area contributed by atoms with Gasteiger partial charge in [-0.3, -0.25) is 4.79 Å². The predicted octanol–water partition coefficient (Wildman–Crippen LogP) is 2.51. The zero-order chi connectivity index (χ0) is 13.3. The van der Waals surface area contributed by atoms with Crippen molar-refractivity contribution in [2.75, 3.05) is 5.32 Å². The van der Waals surface area contributed by atoms with Gasteiger partial charge in [0, 0.05) is 5.92 Å². The summed E-state index contributed by atoms with van der Waals surface area (Å²) in [7, 11) is 0. The molecule has 2 rings (SSSR count). The van der Waals surface area contributed by atoms with E-state index in [1.165, 1.54) is 12.1 Å². The number of rotatable bonds is 4. The molecule has 2 N–H and O–H groups in total. The lowest BCUT2D eigenvalue weighted by molar-refractivity contribution is -0.119. The lowest BCUT2D eigenvalue weighted by Crippen LogP contribution is -2.23. The molecule has 1 aliphatic carbocycles. The van der Waals surface area contributed by atoms with E-state index in [0.29, 0.717) is 5.92 Å². The van der Waals surface area contributed by atoms with Crippen molar-refractivity contribution in [3.8, 4) is 0 Å². The first-order chi connectivity index (χ1) is 8.50. The van der Waals surface area contributed by atoms with Crippen LogP contribution >= 0.6 is 0 Å². The van der Waals surface area contributed by atoms with Crippen molar-refractivity contribution in [1.29, 1.82) is 0 Å². The maximum atomic E-state index is 13.4. The van der Waals surface area contributed by atoms with Gasteiger partial charge in [0.2, 0.25) is 5.91 Å². The molecule has 96 valence electrons. The van der Waals surface area contributed by atoms with Crippen molar-refractivity contribution in [2.45, 2.75) is 19.8 Å². The Morgan fingerprint density at radius 3 is 2.67 bits per heavy atom. The zero-order valence-corrected chi connectivity index (χ0v) is 9.94. The molecule has 0 aromatic heterocycles. The van der Waals surface area contributed by atoms with Crippen LogP contribution in [0.15, 0.2) is 18.2 Å². The lowest BCUT2D eigenvalue weighted by atomic mass is 10.1. The Morgan fingerprint density at radius 2 is 2.11 bits per heavy atom. The molecule has 0 radical (unpaired) electrons. The summed E-state index contributed by atoms with van der Waals surface area (Å²) in [5.74, 6) is -2.30. The molecule has 1 aliphatic rings. The molecule has 1 unspecified atom stereocenters. The van der Waals surface area contributed by atoms with Gasteiger partial charge in [0.1, 0.15) is 11.4 Å². The predicted molar refractivity (Wildman–Crippen MR) is 63.9 cm³/mol. The van der Waals surface area contributed by atoms with Crippen LogP contribution in [-0.2, 0) is 4.79 Å². The number of nitrogens with one attached hydrogen (secondary N) is 1. The van der Waals surface area contributed by atoms with Gasteiger partial charge in [-0.2, -0.15) is 0 Å². The van der Waals surface area contributed by atoms with Crippen molar-refractivity contribution in [3.05, 3.63) is 29.6 Å². The number of anilines is 1. The molecule has 1 atom stereocenters. The van der Waals surface area contributed by atoms with Crippen LogP contribution in [0, 0.1) is 17.7 Å².